The average molecular weight is 553 g/mol. The Kier molecular flexibility index (Phi) is 9.04. The van der Waals surface area contributed by atoms with E-state index in [1.165, 1.54) is 0 Å². The van der Waals surface area contributed by atoms with Crippen molar-refractivity contribution in [1.29, 1.82) is 0 Å². The highest BCUT2D eigenvalue weighted by molar-refractivity contribution is 5.46. The van der Waals surface area contributed by atoms with Crippen LogP contribution in [0, 0.1) is 11.8 Å². The third-order valence-electron chi connectivity index (χ3n) is 7.98. The number of methoxy groups -OCH3 is 3. The lowest BCUT2D eigenvalue weighted by atomic mass is 9.73. The third kappa shape index (κ3) is 6.01. The van der Waals surface area contributed by atoms with Gasteiger partial charge in [-0.05, 0) is 67.3 Å². The summed E-state index contributed by atoms with van der Waals surface area (Å²) in [5.74, 6) is 3.00. The summed E-state index contributed by atoms with van der Waals surface area (Å²) in [7, 11) is 4.97. The van der Waals surface area contributed by atoms with E-state index in [0.717, 1.165) is 35.5 Å². The van der Waals surface area contributed by atoms with Crippen molar-refractivity contribution in [3.8, 4) is 23.0 Å². The first-order valence-electron chi connectivity index (χ1n) is 13.9. The maximum absolute atomic E-state index is 11.8. The van der Waals surface area contributed by atoms with Crippen LogP contribution in [0.5, 0.6) is 23.0 Å². The first-order chi connectivity index (χ1) is 19.5. The van der Waals surface area contributed by atoms with E-state index in [2.05, 4.69) is 11.4 Å². The second-order valence-electron chi connectivity index (χ2n) is 10.4. The van der Waals surface area contributed by atoms with Crippen LogP contribution in [0.3, 0.4) is 0 Å². The number of hydrogen-bond donors (Lipinski definition) is 3. The van der Waals surface area contributed by atoms with E-state index < -0.39 is 6.10 Å². The fourth-order valence-corrected chi connectivity index (χ4v) is 5.94. The van der Waals surface area contributed by atoms with E-state index in [0.29, 0.717) is 55.7 Å². The van der Waals surface area contributed by atoms with Crippen molar-refractivity contribution in [2.45, 2.75) is 37.6 Å². The van der Waals surface area contributed by atoms with Gasteiger partial charge in [-0.15, -0.1) is 0 Å². The smallest absolute Gasteiger partial charge is 0.125 e. The lowest BCUT2D eigenvalue weighted by Gasteiger charge is -2.46. The number of nitrogens with one attached hydrogen (secondary N) is 1. The number of dihydropyridines is 1. The van der Waals surface area contributed by atoms with Gasteiger partial charge in [-0.3, -0.25) is 0 Å². The van der Waals surface area contributed by atoms with Gasteiger partial charge in [0.25, 0.3) is 0 Å². The van der Waals surface area contributed by atoms with Crippen LogP contribution in [0.1, 0.15) is 42.6 Å². The minimum atomic E-state index is -0.787. The summed E-state index contributed by atoms with van der Waals surface area (Å²) in [5.41, 5.74) is 8.73. The number of rotatable bonds is 11. The van der Waals surface area contributed by atoms with Crippen molar-refractivity contribution in [2.24, 2.45) is 17.6 Å². The molecule has 40 heavy (non-hydrogen) atoms. The Morgan fingerprint density at radius 1 is 1.00 bits per heavy atom. The zero-order valence-corrected chi connectivity index (χ0v) is 23.4. The number of hydrogen-bond acceptors (Lipinski definition) is 9. The van der Waals surface area contributed by atoms with Crippen LogP contribution in [0.2, 0.25) is 0 Å². The lowest BCUT2D eigenvalue weighted by molar-refractivity contribution is -0.112. The maximum atomic E-state index is 11.8. The number of ether oxygens (including phenoxy) is 6. The summed E-state index contributed by atoms with van der Waals surface area (Å²) >= 11 is 0. The van der Waals surface area contributed by atoms with Crippen LogP contribution in [0.25, 0.3) is 0 Å². The second-order valence-corrected chi connectivity index (χ2v) is 10.4. The second kappa shape index (κ2) is 12.8. The molecule has 0 saturated carbocycles. The molecule has 0 saturated heterocycles. The molecule has 0 amide bonds. The average Bonchev–Trinajstić information content (AvgIpc) is 2.97. The fourth-order valence-electron chi connectivity index (χ4n) is 5.94. The van der Waals surface area contributed by atoms with E-state index in [-0.39, 0.29) is 24.0 Å². The van der Waals surface area contributed by atoms with Crippen molar-refractivity contribution in [2.75, 3.05) is 47.7 Å². The fraction of sp³-hybridized carbons (Fsp3) is 0.484. The van der Waals surface area contributed by atoms with Crippen molar-refractivity contribution >= 4 is 0 Å². The van der Waals surface area contributed by atoms with Gasteiger partial charge < -0.3 is 44.6 Å². The SMILES string of the molecule is COCCC[C@H]1Oc2ccc(OC)cc2[C@H](OCCC2=CCNC(N)=C2)[C@@H]1[C@H]1COc2ccc(OC)cc2[C@H]1O. The quantitative estimate of drug-likeness (QED) is 0.356. The summed E-state index contributed by atoms with van der Waals surface area (Å²) in [6.07, 6.45) is 4.98. The van der Waals surface area contributed by atoms with Gasteiger partial charge in [0.1, 0.15) is 29.1 Å². The normalized spacial score (nSPS) is 25.2. The number of fused-ring (bicyclic) bond motifs is 2. The van der Waals surface area contributed by atoms with Crippen molar-refractivity contribution in [3.05, 3.63) is 71.1 Å². The van der Waals surface area contributed by atoms with Gasteiger partial charge in [-0.25, -0.2) is 0 Å². The first kappa shape index (κ1) is 28.1. The van der Waals surface area contributed by atoms with Crippen LogP contribution in [0.15, 0.2) is 59.9 Å². The van der Waals surface area contributed by atoms with Crippen molar-refractivity contribution < 1.29 is 33.5 Å². The molecule has 0 radical (unpaired) electrons. The molecule has 0 bridgehead atoms. The molecule has 3 aliphatic heterocycles. The van der Waals surface area contributed by atoms with Crippen LogP contribution in [-0.2, 0) is 9.47 Å². The Labute approximate surface area is 235 Å². The third-order valence-corrected chi connectivity index (χ3v) is 7.98. The molecule has 2 aromatic carbocycles. The predicted molar refractivity (Wildman–Crippen MR) is 151 cm³/mol. The van der Waals surface area contributed by atoms with Gasteiger partial charge in [-0.2, -0.15) is 0 Å². The zero-order valence-electron chi connectivity index (χ0n) is 23.4. The summed E-state index contributed by atoms with van der Waals surface area (Å²) < 4.78 is 36.0. The van der Waals surface area contributed by atoms with Crippen LogP contribution >= 0.6 is 0 Å². The molecule has 3 heterocycles. The van der Waals surface area contributed by atoms with Gasteiger partial charge in [0, 0.05) is 43.2 Å². The van der Waals surface area contributed by atoms with E-state index in [1.807, 2.05) is 42.5 Å². The molecule has 216 valence electrons. The monoisotopic (exact) mass is 552 g/mol. The van der Waals surface area contributed by atoms with Crippen molar-refractivity contribution in [3.63, 3.8) is 0 Å². The summed E-state index contributed by atoms with van der Waals surface area (Å²) in [5, 5.41) is 14.9. The van der Waals surface area contributed by atoms with Crippen molar-refractivity contribution in [1.82, 2.24) is 5.32 Å². The van der Waals surface area contributed by atoms with E-state index >= 15 is 0 Å². The molecule has 9 nitrogen and oxygen atoms in total. The summed E-state index contributed by atoms with van der Waals surface area (Å²) in [6, 6.07) is 11.4. The molecule has 2 aromatic rings. The Balaban J connectivity index is 1.49. The Bertz CT molecular complexity index is 1230. The largest absolute Gasteiger partial charge is 0.497 e. The summed E-state index contributed by atoms with van der Waals surface area (Å²) in [6.45, 7) is 2.14. The molecule has 0 aromatic heterocycles. The minimum absolute atomic E-state index is 0.201. The molecule has 4 N–H and O–H groups in total. The van der Waals surface area contributed by atoms with Crippen LogP contribution in [-0.4, -0.2) is 58.9 Å². The molecular formula is C31H40N2O7. The van der Waals surface area contributed by atoms with E-state index in [1.54, 1.807) is 21.3 Å². The molecule has 5 atom stereocenters. The van der Waals surface area contributed by atoms with Gasteiger partial charge in [-0.1, -0.05) is 6.08 Å². The van der Waals surface area contributed by atoms with E-state index in [4.69, 9.17) is 34.2 Å². The first-order valence-corrected chi connectivity index (χ1v) is 13.9. The van der Waals surface area contributed by atoms with Gasteiger partial charge in [0.2, 0.25) is 0 Å². The van der Waals surface area contributed by atoms with Gasteiger partial charge in [0.05, 0.1) is 45.5 Å². The predicted octanol–water partition coefficient (Wildman–Crippen LogP) is 4.03. The highest BCUT2D eigenvalue weighted by Gasteiger charge is 2.48. The Morgan fingerprint density at radius 3 is 2.48 bits per heavy atom. The molecule has 0 fully saturated rings. The van der Waals surface area contributed by atoms with Gasteiger partial charge >= 0.3 is 0 Å². The molecule has 0 unspecified atom stereocenters. The number of aliphatic hydroxyl groups is 1. The number of nitrogens with two attached hydrogens (primary N) is 1. The minimum Gasteiger partial charge on any atom is -0.497 e. The number of aliphatic hydroxyl groups excluding tert-OH is 1. The molecule has 5 rings (SSSR count). The van der Waals surface area contributed by atoms with Crippen LogP contribution < -0.4 is 30.0 Å². The Hall–Kier alpha value is -3.40. The zero-order chi connectivity index (χ0) is 28.1. The molecule has 3 aliphatic rings. The standard InChI is InChI=1S/C31H40N2O7/c1-35-13-4-5-27-29(24-18-39-25-8-6-20(36-2)16-22(25)30(24)34)31(23-17-21(37-3)7-9-26(23)40-27)38-14-11-19-10-12-33-28(32)15-19/h6-10,15-17,24,27,29-31,33-34H,4-5,11-14,18,32H2,1-3H3/t24-,27-,29-,30-,31+/m1/s1. The molecule has 0 spiro atoms. The molecule has 0 aliphatic carbocycles. The topological polar surface area (TPSA) is 114 Å². The van der Waals surface area contributed by atoms with E-state index in [9.17, 15) is 5.11 Å². The highest BCUT2D eigenvalue weighted by atomic mass is 16.5. The highest BCUT2D eigenvalue weighted by Crippen LogP contribution is 2.51. The number of allylic oxidation sites excluding steroid dienone is 1. The molecular weight excluding hydrogens is 512 g/mol. The lowest BCUT2D eigenvalue weighted by Crippen LogP contribution is -2.46. The Morgan fingerprint density at radius 2 is 1.75 bits per heavy atom. The van der Waals surface area contributed by atoms with Crippen LogP contribution in [0.4, 0.5) is 0 Å². The number of benzene rings is 2. The van der Waals surface area contributed by atoms with Gasteiger partial charge in [0.15, 0.2) is 0 Å². The summed E-state index contributed by atoms with van der Waals surface area (Å²) in [4.78, 5) is 0. The molecule has 9 heteroatoms. The maximum Gasteiger partial charge on any atom is 0.125 e.